The summed E-state index contributed by atoms with van der Waals surface area (Å²) in [5, 5.41) is 17.2. The summed E-state index contributed by atoms with van der Waals surface area (Å²) in [6.45, 7) is 0. The van der Waals surface area contributed by atoms with Crippen molar-refractivity contribution in [3.8, 4) is 16.9 Å². The molecular formula is C26H16ClN5O4S2. The van der Waals surface area contributed by atoms with Crippen molar-refractivity contribution in [1.29, 1.82) is 0 Å². The van der Waals surface area contributed by atoms with Crippen molar-refractivity contribution < 1.29 is 14.5 Å². The van der Waals surface area contributed by atoms with Crippen molar-refractivity contribution in [1.82, 2.24) is 20.2 Å². The van der Waals surface area contributed by atoms with Crippen LogP contribution < -0.4 is 5.43 Å². The molecule has 5 rings (SSSR count). The SMILES string of the molecule is O=C(NN1C(=O)C(=Cc2cn(-c3ccccc3)nc2-c2cccc([N+](=O)[O-])c2)SC1=S)c1ccccc1Cl. The fourth-order valence-corrected chi connectivity index (χ4v) is 5.10. The number of hydrazine groups is 1. The van der Waals surface area contributed by atoms with Gasteiger partial charge in [0.15, 0.2) is 4.32 Å². The Balaban J connectivity index is 1.51. The number of amides is 2. The van der Waals surface area contributed by atoms with Crippen molar-refractivity contribution in [2.75, 3.05) is 0 Å². The van der Waals surface area contributed by atoms with E-state index in [4.69, 9.17) is 23.8 Å². The van der Waals surface area contributed by atoms with Crippen LogP contribution in [0.2, 0.25) is 5.02 Å². The zero-order valence-electron chi connectivity index (χ0n) is 19.3. The molecule has 188 valence electrons. The van der Waals surface area contributed by atoms with Gasteiger partial charge in [-0.2, -0.15) is 10.1 Å². The number of hydrogen-bond donors (Lipinski definition) is 1. The van der Waals surface area contributed by atoms with Gasteiger partial charge in [0.05, 0.1) is 26.1 Å². The highest BCUT2D eigenvalue weighted by Crippen LogP contribution is 2.35. The van der Waals surface area contributed by atoms with E-state index in [0.717, 1.165) is 22.5 Å². The number of rotatable bonds is 6. The molecule has 1 aliphatic rings. The van der Waals surface area contributed by atoms with Gasteiger partial charge in [0, 0.05) is 29.5 Å². The zero-order chi connectivity index (χ0) is 26.8. The number of benzene rings is 3. The summed E-state index contributed by atoms with van der Waals surface area (Å²) in [6.07, 6.45) is 3.32. The molecule has 0 unspecified atom stereocenters. The Morgan fingerprint density at radius 2 is 1.82 bits per heavy atom. The summed E-state index contributed by atoms with van der Waals surface area (Å²) in [5.41, 5.74) is 4.85. The molecule has 2 amide bonds. The highest BCUT2D eigenvalue weighted by Gasteiger charge is 2.34. The highest BCUT2D eigenvalue weighted by molar-refractivity contribution is 8.26. The standard InChI is InChI=1S/C26H16ClN5O4S2/c27-21-12-5-4-11-20(21)24(33)29-31-25(34)22(38-26(31)37)14-17-15-30(18-8-2-1-3-9-18)28-23(17)16-7-6-10-19(13-16)32(35)36/h1-15H,(H,29,33). The molecule has 0 bridgehead atoms. The van der Waals surface area contributed by atoms with Gasteiger partial charge < -0.3 is 0 Å². The molecule has 4 aromatic rings. The molecule has 1 saturated heterocycles. The van der Waals surface area contributed by atoms with Crippen LogP contribution in [0, 0.1) is 10.1 Å². The number of nitro groups is 1. The van der Waals surface area contributed by atoms with Crippen LogP contribution in [0.3, 0.4) is 0 Å². The van der Waals surface area contributed by atoms with Crippen LogP contribution in [0.15, 0.2) is 90.0 Å². The minimum absolute atomic E-state index is 0.0867. The highest BCUT2D eigenvalue weighted by atomic mass is 35.5. The molecule has 9 nitrogen and oxygen atoms in total. The van der Waals surface area contributed by atoms with E-state index in [2.05, 4.69) is 10.5 Å². The Morgan fingerprint density at radius 1 is 1.08 bits per heavy atom. The van der Waals surface area contributed by atoms with E-state index in [1.807, 2.05) is 30.3 Å². The lowest BCUT2D eigenvalue weighted by Crippen LogP contribution is -2.44. The van der Waals surface area contributed by atoms with Gasteiger partial charge in [-0.15, -0.1) is 0 Å². The Labute approximate surface area is 230 Å². The molecule has 38 heavy (non-hydrogen) atoms. The van der Waals surface area contributed by atoms with E-state index in [-0.39, 0.29) is 25.5 Å². The van der Waals surface area contributed by atoms with Gasteiger partial charge >= 0.3 is 0 Å². The van der Waals surface area contributed by atoms with E-state index in [0.29, 0.717) is 16.8 Å². The van der Waals surface area contributed by atoms with Crippen molar-refractivity contribution >= 4 is 63.5 Å². The molecule has 1 aliphatic heterocycles. The van der Waals surface area contributed by atoms with E-state index >= 15 is 0 Å². The van der Waals surface area contributed by atoms with E-state index in [9.17, 15) is 19.7 Å². The van der Waals surface area contributed by atoms with Crippen LogP contribution in [0.5, 0.6) is 0 Å². The topological polar surface area (TPSA) is 110 Å². The van der Waals surface area contributed by atoms with Gasteiger partial charge in [0.25, 0.3) is 17.5 Å². The van der Waals surface area contributed by atoms with E-state index in [1.54, 1.807) is 47.3 Å². The molecule has 2 heterocycles. The molecule has 0 atom stereocenters. The fraction of sp³-hybridized carbons (Fsp3) is 0. The van der Waals surface area contributed by atoms with Crippen molar-refractivity contribution in [2.45, 2.75) is 0 Å². The smallest absolute Gasteiger partial charge is 0.267 e. The second-order valence-electron chi connectivity index (χ2n) is 7.96. The number of aromatic nitrogens is 2. The number of carbonyl (C=O) groups is 2. The largest absolute Gasteiger partial charge is 0.285 e. The molecule has 12 heteroatoms. The summed E-state index contributed by atoms with van der Waals surface area (Å²) in [7, 11) is 0. The summed E-state index contributed by atoms with van der Waals surface area (Å²) in [4.78, 5) is 37.1. The molecule has 0 radical (unpaired) electrons. The van der Waals surface area contributed by atoms with Crippen molar-refractivity contribution in [2.24, 2.45) is 0 Å². The lowest BCUT2D eigenvalue weighted by atomic mass is 10.1. The van der Waals surface area contributed by atoms with Crippen LogP contribution in [0.25, 0.3) is 23.0 Å². The maximum absolute atomic E-state index is 13.2. The molecule has 0 aliphatic carbocycles. The van der Waals surface area contributed by atoms with Gasteiger partial charge in [-0.1, -0.05) is 65.8 Å². The van der Waals surface area contributed by atoms with Crippen molar-refractivity contribution in [3.63, 3.8) is 0 Å². The van der Waals surface area contributed by atoms with Crippen LogP contribution >= 0.6 is 35.6 Å². The van der Waals surface area contributed by atoms with Crippen LogP contribution in [-0.4, -0.2) is 35.8 Å². The number of nitro benzene ring substituents is 1. The normalized spacial score (nSPS) is 14.2. The third kappa shape index (κ3) is 5.07. The summed E-state index contributed by atoms with van der Waals surface area (Å²) in [5.74, 6) is -1.11. The minimum Gasteiger partial charge on any atom is -0.267 e. The number of non-ortho nitro benzene ring substituents is 1. The number of carbonyl (C=O) groups excluding carboxylic acids is 2. The summed E-state index contributed by atoms with van der Waals surface area (Å²) < 4.78 is 1.76. The third-order valence-corrected chi connectivity index (χ3v) is 7.14. The number of halogens is 1. The number of para-hydroxylation sites is 1. The number of nitrogens with zero attached hydrogens (tertiary/aromatic N) is 4. The van der Waals surface area contributed by atoms with E-state index in [1.165, 1.54) is 18.2 Å². The van der Waals surface area contributed by atoms with Crippen LogP contribution in [0.4, 0.5) is 5.69 Å². The molecule has 1 aromatic heterocycles. The molecule has 0 spiro atoms. The predicted molar refractivity (Wildman–Crippen MR) is 150 cm³/mol. The van der Waals surface area contributed by atoms with Crippen LogP contribution in [-0.2, 0) is 4.79 Å². The fourth-order valence-electron chi connectivity index (χ4n) is 3.71. The lowest BCUT2D eigenvalue weighted by molar-refractivity contribution is -0.384. The summed E-state index contributed by atoms with van der Waals surface area (Å²) in [6, 6.07) is 21.9. The number of thioether (sulfide) groups is 1. The summed E-state index contributed by atoms with van der Waals surface area (Å²) >= 11 is 12.5. The maximum atomic E-state index is 13.2. The molecule has 0 saturated carbocycles. The first-order valence-corrected chi connectivity index (χ1v) is 12.7. The van der Waals surface area contributed by atoms with Gasteiger partial charge in [0.2, 0.25) is 0 Å². The minimum atomic E-state index is -0.581. The van der Waals surface area contributed by atoms with Gasteiger partial charge in [-0.3, -0.25) is 25.1 Å². The first-order valence-electron chi connectivity index (χ1n) is 11.1. The lowest BCUT2D eigenvalue weighted by Gasteiger charge is -2.16. The van der Waals surface area contributed by atoms with Gasteiger partial charge in [0.1, 0.15) is 5.69 Å². The second-order valence-corrected chi connectivity index (χ2v) is 10.0. The van der Waals surface area contributed by atoms with Gasteiger partial charge in [-0.25, -0.2) is 4.68 Å². The molecule has 1 N–H and O–H groups in total. The monoisotopic (exact) mass is 561 g/mol. The number of hydrogen-bond acceptors (Lipinski definition) is 7. The quantitative estimate of drug-likeness (QED) is 0.140. The Morgan fingerprint density at radius 3 is 2.55 bits per heavy atom. The average Bonchev–Trinajstić information content (AvgIpc) is 3.46. The Hall–Kier alpha value is -4.32. The maximum Gasteiger partial charge on any atom is 0.285 e. The predicted octanol–water partition coefficient (Wildman–Crippen LogP) is 5.65. The second kappa shape index (κ2) is 10.6. The molecular weight excluding hydrogens is 546 g/mol. The average molecular weight is 562 g/mol. The van der Waals surface area contributed by atoms with E-state index < -0.39 is 16.7 Å². The Kier molecular flexibility index (Phi) is 7.05. The van der Waals surface area contributed by atoms with Crippen molar-refractivity contribution in [3.05, 3.63) is 116 Å². The first-order chi connectivity index (χ1) is 18.3. The zero-order valence-corrected chi connectivity index (χ0v) is 21.7. The number of thiocarbonyl (C=S) groups is 1. The van der Waals surface area contributed by atoms with Crippen LogP contribution in [0.1, 0.15) is 15.9 Å². The number of nitrogens with one attached hydrogen (secondary N) is 1. The van der Waals surface area contributed by atoms with Gasteiger partial charge in [-0.05, 0) is 42.6 Å². The third-order valence-electron chi connectivity index (χ3n) is 5.51. The Bertz CT molecular complexity index is 1640. The molecule has 1 fully saturated rings. The first kappa shape index (κ1) is 25.3. The molecule has 3 aromatic carbocycles.